The molecular formula is C14H10N3O2. The number of fused-ring (bicyclic) bond motifs is 1. The van der Waals surface area contributed by atoms with E-state index in [0.717, 1.165) is 10.9 Å². The summed E-state index contributed by atoms with van der Waals surface area (Å²) in [4.78, 5) is 10.6. The molecule has 2 aromatic carbocycles. The SMILES string of the molecule is O=[N+]([O-])c1ccccc1Cn1n[c]c2ccccc21. The van der Waals surface area contributed by atoms with Gasteiger partial charge in [0, 0.05) is 11.5 Å². The van der Waals surface area contributed by atoms with Crippen molar-refractivity contribution >= 4 is 16.6 Å². The molecule has 0 aliphatic rings. The molecule has 0 fully saturated rings. The predicted octanol–water partition coefficient (Wildman–Crippen LogP) is 2.79. The molecule has 93 valence electrons. The van der Waals surface area contributed by atoms with Crippen molar-refractivity contribution < 1.29 is 4.92 Å². The second-order valence-corrected chi connectivity index (χ2v) is 4.17. The maximum Gasteiger partial charge on any atom is 0.274 e. The van der Waals surface area contributed by atoms with Crippen molar-refractivity contribution in [3.8, 4) is 0 Å². The minimum absolute atomic E-state index is 0.113. The molecule has 0 unspecified atom stereocenters. The average Bonchev–Trinajstić information content (AvgIpc) is 2.83. The van der Waals surface area contributed by atoms with Crippen LogP contribution in [-0.2, 0) is 6.54 Å². The maximum atomic E-state index is 11.0. The fourth-order valence-corrected chi connectivity index (χ4v) is 2.07. The Morgan fingerprint density at radius 3 is 2.74 bits per heavy atom. The van der Waals surface area contributed by atoms with Gasteiger partial charge in [0.05, 0.1) is 22.5 Å². The summed E-state index contributed by atoms with van der Waals surface area (Å²) in [5.74, 6) is 0. The highest BCUT2D eigenvalue weighted by Crippen LogP contribution is 2.20. The van der Waals surface area contributed by atoms with Crippen LogP contribution in [0.3, 0.4) is 0 Å². The standard InChI is InChI=1S/C14H10N3O2/c18-17(19)14-8-4-2-6-12(14)10-16-13-7-3-1-5-11(13)9-15-16/h1-8H,10H2. The molecule has 5 heteroatoms. The summed E-state index contributed by atoms with van der Waals surface area (Å²) in [7, 11) is 0. The van der Waals surface area contributed by atoms with Crippen molar-refractivity contribution in [2.75, 3.05) is 0 Å². The fraction of sp³-hybridized carbons (Fsp3) is 0.0714. The van der Waals surface area contributed by atoms with Gasteiger partial charge < -0.3 is 0 Å². The van der Waals surface area contributed by atoms with Gasteiger partial charge >= 0.3 is 0 Å². The molecule has 1 heterocycles. The number of hydrogen-bond donors (Lipinski definition) is 0. The molecule has 0 atom stereocenters. The van der Waals surface area contributed by atoms with Crippen LogP contribution in [0.1, 0.15) is 5.56 Å². The molecule has 0 aliphatic carbocycles. The van der Waals surface area contributed by atoms with E-state index in [-0.39, 0.29) is 10.6 Å². The number of hydrogen-bond acceptors (Lipinski definition) is 3. The van der Waals surface area contributed by atoms with E-state index >= 15 is 0 Å². The van der Waals surface area contributed by atoms with E-state index in [0.29, 0.717) is 12.1 Å². The lowest BCUT2D eigenvalue weighted by atomic mass is 10.2. The van der Waals surface area contributed by atoms with Crippen LogP contribution in [0, 0.1) is 16.3 Å². The number of aromatic nitrogens is 2. The number of para-hydroxylation sites is 2. The number of nitro groups is 1. The first-order valence-electron chi connectivity index (χ1n) is 5.81. The number of benzene rings is 2. The molecule has 3 aromatic rings. The van der Waals surface area contributed by atoms with E-state index in [1.807, 2.05) is 24.3 Å². The minimum Gasteiger partial charge on any atom is -0.259 e. The van der Waals surface area contributed by atoms with Crippen molar-refractivity contribution in [2.24, 2.45) is 0 Å². The smallest absolute Gasteiger partial charge is 0.259 e. The zero-order chi connectivity index (χ0) is 13.2. The quantitative estimate of drug-likeness (QED) is 0.532. The van der Waals surface area contributed by atoms with Gasteiger partial charge in [0.25, 0.3) is 5.69 Å². The van der Waals surface area contributed by atoms with Gasteiger partial charge in [0.2, 0.25) is 0 Å². The lowest BCUT2D eigenvalue weighted by Gasteiger charge is -2.04. The van der Waals surface area contributed by atoms with E-state index in [2.05, 4.69) is 11.3 Å². The predicted molar refractivity (Wildman–Crippen MR) is 70.8 cm³/mol. The molecule has 3 rings (SSSR count). The van der Waals surface area contributed by atoms with Crippen molar-refractivity contribution in [2.45, 2.75) is 6.54 Å². The Bertz CT molecular complexity index is 749. The van der Waals surface area contributed by atoms with E-state index in [1.165, 1.54) is 6.07 Å². The fourth-order valence-electron chi connectivity index (χ4n) is 2.07. The first-order chi connectivity index (χ1) is 9.25. The normalized spacial score (nSPS) is 10.7. The summed E-state index contributed by atoms with van der Waals surface area (Å²) in [6.45, 7) is 0.362. The third-order valence-electron chi connectivity index (χ3n) is 2.98. The van der Waals surface area contributed by atoms with Gasteiger partial charge in [0.15, 0.2) is 0 Å². The highest BCUT2D eigenvalue weighted by Gasteiger charge is 2.13. The third-order valence-corrected chi connectivity index (χ3v) is 2.98. The molecule has 0 saturated carbocycles. The Morgan fingerprint density at radius 1 is 1.16 bits per heavy atom. The van der Waals surface area contributed by atoms with Crippen LogP contribution in [0.25, 0.3) is 10.9 Å². The molecule has 1 radical (unpaired) electrons. The van der Waals surface area contributed by atoms with Crippen LogP contribution < -0.4 is 0 Å². The Balaban J connectivity index is 2.04. The van der Waals surface area contributed by atoms with Crippen molar-refractivity contribution in [3.05, 3.63) is 70.4 Å². The largest absolute Gasteiger partial charge is 0.274 e. The van der Waals surface area contributed by atoms with E-state index in [1.54, 1.807) is 22.9 Å². The van der Waals surface area contributed by atoms with E-state index in [4.69, 9.17) is 0 Å². The summed E-state index contributed by atoms with van der Waals surface area (Å²) in [5.41, 5.74) is 1.66. The number of rotatable bonds is 3. The van der Waals surface area contributed by atoms with Crippen LogP contribution in [0.2, 0.25) is 0 Å². The van der Waals surface area contributed by atoms with Gasteiger partial charge in [-0.25, -0.2) is 0 Å². The summed E-state index contributed by atoms with van der Waals surface area (Å²) in [5, 5.41) is 16.0. The van der Waals surface area contributed by atoms with Gasteiger partial charge in [-0.05, 0) is 6.07 Å². The molecule has 0 aliphatic heterocycles. The van der Waals surface area contributed by atoms with Gasteiger partial charge in [-0.2, -0.15) is 5.10 Å². The van der Waals surface area contributed by atoms with Crippen molar-refractivity contribution in [1.29, 1.82) is 0 Å². The summed E-state index contributed by atoms with van der Waals surface area (Å²) >= 11 is 0. The minimum atomic E-state index is -0.370. The monoisotopic (exact) mass is 252 g/mol. The Hall–Kier alpha value is -2.69. The molecule has 0 bridgehead atoms. The number of nitrogens with zero attached hydrogens (tertiary/aromatic N) is 3. The maximum absolute atomic E-state index is 11.0. The van der Waals surface area contributed by atoms with Crippen LogP contribution in [-0.4, -0.2) is 14.7 Å². The molecule has 5 nitrogen and oxygen atoms in total. The lowest BCUT2D eigenvalue weighted by molar-refractivity contribution is -0.385. The van der Waals surface area contributed by atoms with Crippen LogP contribution in [0.5, 0.6) is 0 Å². The molecular weight excluding hydrogens is 242 g/mol. The molecule has 0 saturated heterocycles. The Kier molecular flexibility index (Phi) is 2.72. The van der Waals surface area contributed by atoms with Gasteiger partial charge in [-0.15, -0.1) is 0 Å². The highest BCUT2D eigenvalue weighted by molar-refractivity contribution is 5.77. The second kappa shape index (κ2) is 4.53. The average molecular weight is 252 g/mol. The van der Waals surface area contributed by atoms with Gasteiger partial charge in [-0.1, -0.05) is 36.4 Å². The number of nitro benzene ring substituents is 1. The Labute approximate surface area is 109 Å². The molecule has 1 aromatic heterocycles. The third kappa shape index (κ3) is 2.06. The van der Waals surface area contributed by atoms with Crippen LogP contribution in [0.15, 0.2) is 48.5 Å². The molecule has 19 heavy (non-hydrogen) atoms. The van der Waals surface area contributed by atoms with Crippen molar-refractivity contribution in [1.82, 2.24) is 9.78 Å². The molecule has 0 spiro atoms. The molecule has 0 N–H and O–H groups in total. The summed E-state index contributed by atoms with van der Waals surface area (Å²) < 4.78 is 1.72. The first kappa shape index (κ1) is 11.4. The molecule has 0 amide bonds. The van der Waals surface area contributed by atoms with Crippen LogP contribution >= 0.6 is 0 Å². The van der Waals surface area contributed by atoms with Crippen molar-refractivity contribution in [3.63, 3.8) is 0 Å². The highest BCUT2D eigenvalue weighted by atomic mass is 16.6. The first-order valence-corrected chi connectivity index (χ1v) is 5.81. The second-order valence-electron chi connectivity index (χ2n) is 4.17. The summed E-state index contributed by atoms with van der Waals surface area (Å²) in [6.07, 6.45) is 2.90. The van der Waals surface area contributed by atoms with Crippen LogP contribution in [0.4, 0.5) is 5.69 Å². The lowest BCUT2D eigenvalue weighted by Crippen LogP contribution is -2.04. The van der Waals surface area contributed by atoms with E-state index < -0.39 is 0 Å². The summed E-state index contributed by atoms with van der Waals surface area (Å²) in [6, 6.07) is 14.4. The van der Waals surface area contributed by atoms with Gasteiger partial charge in [0.1, 0.15) is 6.20 Å². The van der Waals surface area contributed by atoms with E-state index in [9.17, 15) is 10.1 Å². The topological polar surface area (TPSA) is 61.0 Å². The zero-order valence-electron chi connectivity index (χ0n) is 9.98. The van der Waals surface area contributed by atoms with Gasteiger partial charge in [-0.3, -0.25) is 14.8 Å². The zero-order valence-corrected chi connectivity index (χ0v) is 9.98. The Morgan fingerprint density at radius 2 is 1.89 bits per heavy atom.